The average molecular weight is 412 g/mol. The van der Waals surface area contributed by atoms with Crippen molar-refractivity contribution in [1.82, 2.24) is 9.62 Å². The Bertz CT molecular complexity index is 935. The summed E-state index contributed by atoms with van der Waals surface area (Å²) in [5.74, 6) is -1.99. The molecule has 0 unspecified atom stereocenters. The maximum absolute atomic E-state index is 13.2. The lowest BCUT2D eigenvalue weighted by molar-refractivity contribution is -0.130. The van der Waals surface area contributed by atoms with Crippen molar-refractivity contribution >= 4 is 15.9 Å². The number of nitrogens with one attached hydrogen (secondary N) is 1. The highest BCUT2D eigenvalue weighted by atomic mass is 32.2. The van der Waals surface area contributed by atoms with Crippen LogP contribution in [0.1, 0.15) is 18.9 Å². The van der Waals surface area contributed by atoms with Gasteiger partial charge in [0.15, 0.2) is 11.6 Å². The van der Waals surface area contributed by atoms with E-state index in [1.807, 2.05) is 31.2 Å². The quantitative estimate of drug-likeness (QED) is 0.687. The minimum Gasteiger partial charge on any atom is -0.494 e. The molecule has 28 heavy (non-hydrogen) atoms. The van der Waals surface area contributed by atoms with Crippen LogP contribution in [0.2, 0.25) is 0 Å². The first-order chi connectivity index (χ1) is 13.2. The number of benzene rings is 2. The first kappa shape index (κ1) is 21.8. The summed E-state index contributed by atoms with van der Waals surface area (Å²) in [6, 6.07) is 9.62. The van der Waals surface area contributed by atoms with Crippen molar-refractivity contribution in [2.24, 2.45) is 0 Å². The van der Waals surface area contributed by atoms with Crippen LogP contribution >= 0.6 is 0 Å². The molecule has 0 atom stereocenters. The van der Waals surface area contributed by atoms with Crippen LogP contribution in [0.4, 0.5) is 8.78 Å². The lowest BCUT2D eigenvalue weighted by Crippen LogP contribution is -2.32. The maximum Gasteiger partial charge on any atom is 0.240 e. The Morgan fingerprint density at radius 1 is 1.14 bits per heavy atom. The molecule has 2 rings (SSSR count). The summed E-state index contributed by atoms with van der Waals surface area (Å²) in [7, 11) is -2.44. The summed E-state index contributed by atoms with van der Waals surface area (Å²) in [5, 5.41) is 0. The SMILES string of the molecule is CCOc1ccccc1CN(C)C(=O)CCNS(=O)(=O)c1ccc(F)c(F)c1. The molecule has 0 aliphatic carbocycles. The van der Waals surface area contributed by atoms with Gasteiger partial charge in [-0.15, -0.1) is 0 Å². The number of carbonyl (C=O) groups excluding carboxylic acids is 1. The molecule has 0 bridgehead atoms. The molecule has 0 fully saturated rings. The molecule has 2 aromatic carbocycles. The van der Waals surface area contributed by atoms with E-state index in [1.54, 1.807) is 7.05 Å². The van der Waals surface area contributed by atoms with Gasteiger partial charge in [0.1, 0.15) is 5.75 Å². The van der Waals surface area contributed by atoms with Crippen LogP contribution < -0.4 is 9.46 Å². The van der Waals surface area contributed by atoms with Crippen molar-refractivity contribution in [3.05, 3.63) is 59.7 Å². The van der Waals surface area contributed by atoms with Gasteiger partial charge in [-0.25, -0.2) is 21.9 Å². The molecule has 0 saturated heterocycles. The third-order valence-corrected chi connectivity index (χ3v) is 5.40. The van der Waals surface area contributed by atoms with Crippen molar-refractivity contribution in [2.75, 3.05) is 20.2 Å². The minimum absolute atomic E-state index is 0.0871. The zero-order valence-corrected chi connectivity index (χ0v) is 16.4. The number of hydrogen-bond acceptors (Lipinski definition) is 4. The van der Waals surface area contributed by atoms with Gasteiger partial charge in [0.2, 0.25) is 15.9 Å². The summed E-state index contributed by atoms with van der Waals surface area (Å²) in [6.45, 7) is 2.51. The van der Waals surface area contributed by atoms with Crippen LogP contribution in [0.15, 0.2) is 47.4 Å². The monoisotopic (exact) mass is 412 g/mol. The first-order valence-electron chi connectivity index (χ1n) is 8.64. The molecule has 1 amide bonds. The summed E-state index contributed by atoms with van der Waals surface area (Å²) < 4.78 is 58.1. The van der Waals surface area contributed by atoms with Gasteiger partial charge in [-0.3, -0.25) is 4.79 Å². The van der Waals surface area contributed by atoms with Crippen LogP contribution in [-0.2, 0) is 21.4 Å². The van der Waals surface area contributed by atoms with Gasteiger partial charge in [-0.05, 0) is 31.2 Å². The molecule has 2 aromatic rings. The molecule has 9 heteroatoms. The normalized spacial score (nSPS) is 11.3. The second kappa shape index (κ2) is 9.61. The number of halogens is 2. The zero-order chi connectivity index (χ0) is 20.7. The Balaban J connectivity index is 1.92. The fourth-order valence-electron chi connectivity index (χ4n) is 2.48. The van der Waals surface area contributed by atoms with Gasteiger partial charge >= 0.3 is 0 Å². The summed E-state index contributed by atoms with van der Waals surface area (Å²) >= 11 is 0. The fourth-order valence-corrected chi connectivity index (χ4v) is 3.53. The number of hydrogen-bond donors (Lipinski definition) is 1. The van der Waals surface area contributed by atoms with E-state index >= 15 is 0 Å². The second-order valence-corrected chi connectivity index (χ2v) is 7.78. The van der Waals surface area contributed by atoms with E-state index in [4.69, 9.17) is 4.74 Å². The van der Waals surface area contributed by atoms with Crippen LogP contribution in [-0.4, -0.2) is 39.4 Å². The van der Waals surface area contributed by atoms with Crippen LogP contribution in [0, 0.1) is 11.6 Å². The molecule has 0 aliphatic rings. The Morgan fingerprint density at radius 3 is 2.54 bits per heavy atom. The van der Waals surface area contributed by atoms with Crippen LogP contribution in [0.3, 0.4) is 0 Å². The Morgan fingerprint density at radius 2 is 1.86 bits per heavy atom. The van der Waals surface area contributed by atoms with Gasteiger partial charge in [-0.1, -0.05) is 18.2 Å². The molecule has 1 N–H and O–H groups in total. The van der Waals surface area contributed by atoms with Crippen molar-refractivity contribution in [3.63, 3.8) is 0 Å². The van der Waals surface area contributed by atoms with E-state index in [0.717, 1.165) is 17.7 Å². The van der Waals surface area contributed by atoms with E-state index in [1.165, 1.54) is 4.90 Å². The van der Waals surface area contributed by atoms with Gasteiger partial charge in [0, 0.05) is 32.1 Å². The number of ether oxygens (including phenoxy) is 1. The Labute approximate surface area is 163 Å². The number of carbonyl (C=O) groups is 1. The van der Waals surface area contributed by atoms with Crippen LogP contribution in [0.5, 0.6) is 5.75 Å². The number of sulfonamides is 1. The fraction of sp³-hybridized carbons (Fsp3) is 0.316. The molecule has 0 spiro atoms. The second-order valence-electron chi connectivity index (χ2n) is 6.01. The van der Waals surface area contributed by atoms with Gasteiger partial charge < -0.3 is 9.64 Å². The average Bonchev–Trinajstić information content (AvgIpc) is 2.65. The van der Waals surface area contributed by atoms with E-state index in [0.29, 0.717) is 25.0 Å². The van der Waals surface area contributed by atoms with Crippen molar-refractivity contribution in [3.8, 4) is 5.75 Å². The van der Waals surface area contributed by atoms with Crippen LogP contribution in [0.25, 0.3) is 0 Å². The van der Waals surface area contributed by atoms with Gasteiger partial charge in [0.05, 0.1) is 11.5 Å². The maximum atomic E-state index is 13.2. The highest BCUT2D eigenvalue weighted by Gasteiger charge is 2.18. The molecule has 0 aliphatic heterocycles. The molecule has 0 saturated carbocycles. The molecule has 0 heterocycles. The first-order valence-corrected chi connectivity index (χ1v) is 10.1. The number of amides is 1. The standard InChI is InChI=1S/C19H22F2N2O4S/c1-3-27-18-7-5-4-6-14(18)13-23(2)19(24)10-11-22-28(25,26)15-8-9-16(20)17(21)12-15/h4-9,12,22H,3,10-11,13H2,1-2H3. The van der Waals surface area contributed by atoms with Crippen molar-refractivity contribution in [2.45, 2.75) is 24.8 Å². The molecule has 0 radical (unpaired) electrons. The third kappa shape index (κ3) is 5.74. The minimum atomic E-state index is -4.04. The molecule has 6 nitrogen and oxygen atoms in total. The predicted molar refractivity (Wildman–Crippen MR) is 100 cm³/mol. The predicted octanol–water partition coefficient (Wildman–Crippen LogP) is 2.69. The van der Waals surface area contributed by atoms with E-state index in [-0.39, 0.29) is 18.9 Å². The summed E-state index contributed by atoms with van der Waals surface area (Å²) in [5.41, 5.74) is 0.836. The van der Waals surface area contributed by atoms with E-state index < -0.39 is 26.6 Å². The van der Waals surface area contributed by atoms with Gasteiger partial charge in [0.25, 0.3) is 0 Å². The highest BCUT2D eigenvalue weighted by Crippen LogP contribution is 2.19. The van der Waals surface area contributed by atoms with Gasteiger partial charge in [-0.2, -0.15) is 0 Å². The summed E-state index contributed by atoms with van der Waals surface area (Å²) in [4.78, 5) is 13.3. The van der Waals surface area contributed by atoms with E-state index in [2.05, 4.69) is 4.72 Å². The smallest absolute Gasteiger partial charge is 0.240 e. The topological polar surface area (TPSA) is 75.7 Å². The van der Waals surface area contributed by atoms with Crippen molar-refractivity contribution < 1.29 is 26.7 Å². The Hall–Kier alpha value is -2.52. The lowest BCUT2D eigenvalue weighted by Gasteiger charge is -2.19. The van der Waals surface area contributed by atoms with E-state index in [9.17, 15) is 22.0 Å². The highest BCUT2D eigenvalue weighted by molar-refractivity contribution is 7.89. The van der Waals surface area contributed by atoms with Crippen molar-refractivity contribution in [1.29, 1.82) is 0 Å². The largest absolute Gasteiger partial charge is 0.494 e. The molecule has 0 aromatic heterocycles. The molecular formula is C19H22F2N2O4S. The number of rotatable bonds is 9. The Kier molecular flexibility index (Phi) is 7.47. The molecule has 152 valence electrons. The lowest BCUT2D eigenvalue weighted by atomic mass is 10.2. The number of para-hydroxylation sites is 1. The number of nitrogens with zero attached hydrogens (tertiary/aromatic N) is 1. The summed E-state index contributed by atoms with van der Waals surface area (Å²) in [6.07, 6.45) is -0.0871. The third-order valence-electron chi connectivity index (χ3n) is 3.94. The molecular weight excluding hydrogens is 390 g/mol. The zero-order valence-electron chi connectivity index (χ0n) is 15.6.